The van der Waals surface area contributed by atoms with E-state index in [9.17, 15) is 9.59 Å². The minimum absolute atomic E-state index is 0.0293. The highest BCUT2D eigenvalue weighted by Crippen LogP contribution is 2.31. The molecular formula is C25H30N2O6. The van der Waals surface area contributed by atoms with E-state index in [1.165, 1.54) is 0 Å². The molecule has 1 N–H and O–H groups in total. The van der Waals surface area contributed by atoms with Gasteiger partial charge >= 0.3 is 0 Å². The Balaban J connectivity index is 1.36. The third kappa shape index (κ3) is 5.88. The van der Waals surface area contributed by atoms with Crippen molar-refractivity contribution in [2.75, 3.05) is 39.5 Å². The molecular weight excluding hydrogens is 424 g/mol. The summed E-state index contributed by atoms with van der Waals surface area (Å²) in [6.07, 6.45) is 3.23. The normalized spacial score (nSPS) is 15.0. The molecule has 0 spiro atoms. The summed E-state index contributed by atoms with van der Waals surface area (Å²) in [4.78, 5) is 27.0. The minimum atomic E-state index is -0.234. The fourth-order valence-electron chi connectivity index (χ4n) is 3.89. The second-order valence-corrected chi connectivity index (χ2v) is 7.99. The lowest BCUT2D eigenvalue weighted by Crippen LogP contribution is -2.38. The molecule has 0 atom stereocenters. The Labute approximate surface area is 193 Å². The Morgan fingerprint density at radius 2 is 1.73 bits per heavy atom. The van der Waals surface area contributed by atoms with Crippen LogP contribution in [0.15, 0.2) is 36.4 Å². The first kappa shape index (κ1) is 22.8. The second-order valence-electron chi connectivity index (χ2n) is 7.99. The summed E-state index contributed by atoms with van der Waals surface area (Å²) >= 11 is 0. The highest BCUT2D eigenvalue weighted by molar-refractivity contribution is 5.94. The van der Waals surface area contributed by atoms with Gasteiger partial charge in [0.1, 0.15) is 13.2 Å². The van der Waals surface area contributed by atoms with E-state index in [4.69, 9.17) is 18.9 Å². The molecule has 2 aliphatic rings. The van der Waals surface area contributed by atoms with Crippen LogP contribution in [0.1, 0.15) is 42.1 Å². The molecule has 8 heteroatoms. The predicted octanol–water partition coefficient (Wildman–Crippen LogP) is 3.18. The van der Waals surface area contributed by atoms with Crippen molar-refractivity contribution in [1.29, 1.82) is 0 Å². The van der Waals surface area contributed by atoms with E-state index in [-0.39, 0.29) is 18.4 Å². The maximum absolute atomic E-state index is 12.7. The standard InChI is InChI=1S/C25H30N2O6/c1-2-30-23-15-19(7-9-21(23)33-17-24(28)27-10-4-3-5-11-27)25(29)26-16-18-6-8-20-22(14-18)32-13-12-31-20/h6-9,14-15H,2-5,10-13,16-17H2,1H3,(H,26,29). The van der Waals surface area contributed by atoms with Gasteiger partial charge in [-0.2, -0.15) is 0 Å². The van der Waals surface area contributed by atoms with Gasteiger partial charge in [-0.15, -0.1) is 0 Å². The van der Waals surface area contributed by atoms with Crippen LogP contribution in [0.25, 0.3) is 0 Å². The molecule has 0 radical (unpaired) electrons. The second kappa shape index (κ2) is 10.9. The molecule has 0 aromatic heterocycles. The van der Waals surface area contributed by atoms with E-state index in [0.717, 1.165) is 37.9 Å². The van der Waals surface area contributed by atoms with Crippen LogP contribution < -0.4 is 24.3 Å². The molecule has 1 fully saturated rings. The summed E-state index contributed by atoms with van der Waals surface area (Å²) in [5.41, 5.74) is 1.36. The van der Waals surface area contributed by atoms with Crippen molar-refractivity contribution in [3.05, 3.63) is 47.5 Å². The summed E-state index contributed by atoms with van der Waals surface area (Å²) in [6, 6.07) is 10.6. The van der Waals surface area contributed by atoms with Crippen LogP contribution in [-0.4, -0.2) is 56.2 Å². The first-order valence-electron chi connectivity index (χ1n) is 11.5. The molecule has 0 saturated carbocycles. The number of nitrogens with zero attached hydrogens (tertiary/aromatic N) is 1. The molecule has 2 aliphatic heterocycles. The molecule has 2 amide bonds. The number of benzene rings is 2. The third-order valence-electron chi connectivity index (χ3n) is 5.63. The maximum atomic E-state index is 12.7. The zero-order chi connectivity index (χ0) is 23.0. The summed E-state index contributed by atoms with van der Waals surface area (Å²) in [6.45, 7) is 5.19. The fraction of sp³-hybridized carbons (Fsp3) is 0.440. The number of carbonyl (C=O) groups is 2. The van der Waals surface area contributed by atoms with E-state index in [2.05, 4.69) is 5.32 Å². The molecule has 0 bridgehead atoms. The van der Waals surface area contributed by atoms with E-state index >= 15 is 0 Å². The van der Waals surface area contributed by atoms with Crippen LogP contribution in [-0.2, 0) is 11.3 Å². The SMILES string of the molecule is CCOc1cc(C(=O)NCc2ccc3c(c2)OCCO3)ccc1OCC(=O)N1CCCCC1. The Bertz CT molecular complexity index is 987. The van der Waals surface area contributed by atoms with Gasteiger partial charge in [0, 0.05) is 25.2 Å². The Morgan fingerprint density at radius 1 is 0.939 bits per heavy atom. The predicted molar refractivity (Wildman–Crippen MR) is 122 cm³/mol. The van der Waals surface area contributed by atoms with E-state index in [0.29, 0.717) is 54.9 Å². The van der Waals surface area contributed by atoms with Gasteiger partial charge in [-0.3, -0.25) is 9.59 Å². The molecule has 2 aromatic rings. The molecule has 176 valence electrons. The van der Waals surface area contributed by atoms with Crippen LogP contribution in [0.2, 0.25) is 0 Å². The molecule has 4 rings (SSSR count). The zero-order valence-corrected chi connectivity index (χ0v) is 18.9. The van der Waals surface area contributed by atoms with Gasteiger partial charge in [0.2, 0.25) is 0 Å². The van der Waals surface area contributed by atoms with Crippen molar-refractivity contribution in [2.45, 2.75) is 32.7 Å². The fourth-order valence-corrected chi connectivity index (χ4v) is 3.89. The number of hydrogen-bond donors (Lipinski definition) is 1. The van der Waals surface area contributed by atoms with Crippen molar-refractivity contribution >= 4 is 11.8 Å². The number of fused-ring (bicyclic) bond motifs is 1. The van der Waals surface area contributed by atoms with Crippen molar-refractivity contribution in [3.63, 3.8) is 0 Å². The highest BCUT2D eigenvalue weighted by atomic mass is 16.6. The van der Waals surface area contributed by atoms with E-state index in [1.54, 1.807) is 18.2 Å². The first-order valence-corrected chi connectivity index (χ1v) is 11.5. The summed E-state index contributed by atoms with van der Waals surface area (Å²) in [5.74, 6) is 2.03. The number of likely N-dealkylation sites (tertiary alicyclic amines) is 1. The van der Waals surface area contributed by atoms with Gasteiger partial charge in [-0.25, -0.2) is 0 Å². The number of ether oxygens (including phenoxy) is 4. The number of piperidine rings is 1. The Morgan fingerprint density at radius 3 is 2.52 bits per heavy atom. The van der Waals surface area contributed by atoms with Crippen LogP contribution in [0.3, 0.4) is 0 Å². The van der Waals surface area contributed by atoms with Crippen LogP contribution >= 0.6 is 0 Å². The van der Waals surface area contributed by atoms with Crippen molar-refractivity contribution in [2.24, 2.45) is 0 Å². The van der Waals surface area contributed by atoms with Gasteiger partial charge in [-0.05, 0) is 62.1 Å². The largest absolute Gasteiger partial charge is 0.490 e. The van der Waals surface area contributed by atoms with Gasteiger partial charge in [0.15, 0.2) is 29.6 Å². The molecule has 0 unspecified atom stereocenters. The number of amides is 2. The first-order chi connectivity index (χ1) is 16.1. The Hall–Kier alpha value is -3.42. The maximum Gasteiger partial charge on any atom is 0.260 e. The summed E-state index contributed by atoms with van der Waals surface area (Å²) < 4.78 is 22.5. The van der Waals surface area contributed by atoms with Crippen molar-refractivity contribution in [1.82, 2.24) is 10.2 Å². The van der Waals surface area contributed by atoms with E-state index < -0.39 is 0 Å². The highest BCUT2D eigenvalue weighted by Gasteiger charge is 2.19. The zero-order valence-electron chi connectivity index (χ0n) is 18.9. The monoisotopic (exact) mass is 454 g/mol. The number of nitrogens with one attached hydrogen (secondary N) is 1. The average molecular weight is 455 g/mol. The van der Waals surface area contributed by atoms with Crippen LogP contribution in [0.5, 0.6) is 23.0 Å². The van der Waals surface area contributed by atoms with Gasteiger partial charge in [0.05, 0.1) is 6.61 Å². The van der Waals surface area contributed by atoms with Gasteiger partial charge < -0.3 is 29.2 Å². The van der Waals surface area contributed by atoms with E-state index in [1.807, 2.05) is 30.0 Å². The Kier molecular flexibility index (Phi) is 7.55. The van der Waals surface area contributed by atoms with Crippen molar-refractivity contribution in [3.8, 4) is 23.0 Å². The number of hydrogen-bond acceptors (Lipinski definition) is 6. The molecule has 2 aromatic carbocycles. The third-order valence-corrected chi connectivity index (χ3v) is 5.63. The topological polar surface area (TPSA) is 86.3 Å². The molecule has 1 saturated heterocycles. The lowest BCUT2D eigenvalue weighted by molar-refractivity contribution is -0.134. The van der Waals surface area contributed by atoms with Crippen molar-refractivity contribution < 1.29 is 28.5 Å². The van der Waals surface area contributed by atoms with Crippen LogP contribution in [0.4, 0.5) is 0 Å². The average Bonchev–Trinajstić information content (AvgIpc) is 2.87. The molecule has 0 aliphatic carbocycles. The minimum Gasteiger partial charge on any atom is -0.490 e. The quantitative estimate of drug-likeness (QED) is 0.659. The molecule has 33 heavy (non-hydrogen) atoms. The number of rotatable bonds is 8. The van der Waals surface area contributed by atoms with Gasteiger partial charge in [0.25, 0.3) is 11.8 Å². The lowest BCUT2D eigenvalue weighted by atomic mass is 10.1. The van der Waals surface area contributed by atoms with Gasteiger partial charge in [-0.1, -0.05) is 6.07 Å². The smallest absolute Gasteiger partial charge is 0.260 e. The molecule has 2 heterocycles. The van der Waals surface area contributed by atoms with Crippen LogP contribution in [0, 0.1) is 0 Å². The molecule has 8 nitrogen and oxygen atoms in total. The summed E-state index contributed by atoms with van der Waals surface area (Å²) in [7, 11) is 0. The number of carbonyl (C=O) groups excluding carboxylic acids is 2. The lowest BCUT2D eigenvalue weighted by Gasteiger charge is -2.26. The summed E-state index contributed by atoms with van der Waals surface area (Å²) in [5, 5.41) is 2.91.